The summed E-state index contributed by atoms with van der Waals surface area (Å²) in [7, 11) is 6.19. The highest BCUT2D eigenvalue weighted by atomic mass is 32.2. The number of para-hydroxylation sites is 1. The fraction of sp³-hybridized carbons (Fsp3) is 0.511. The van der Waals surface area contributed by atoms with Gasteiger partial charge in [-0.15, -0.1) is 0 Å². The normalized spacial score (nSPS) is 22.9. The van der Waals surface area contributed by atoms with Crippen molar-refractivity contribution >= 4 is 175 Å². The van der Waals surface area contributed by atoms with Crippen LogP contribution in [0, 0.1) is 16.6 Å². The monoisotopic (exact) mass is 1950 g/mol. The van der Waals surface area contributed by atoms with Gasteiger partial charge >= 0.3 is 5.97 Å². The zero-order valence-corrected chi connectivity index (χ0v) is 80.0. The summed E-state index contributed by atoms with van der Waals surface area (Å²) >= 11 is 2.87. The zero-order valence-electron chi connectivity index (χ0n) is 77.6. The van der Waals surface area contributed by atoms with Gasteiger partial charge in [0.15, 0.2) is 5.96 Å². The van der Waals surface area contributed by atoms with Crippen LogP contribution in [-0.2, 0) is 117 Å². The average Bonchev–Trinajstić information content (AvgIpc) is 1.60. The largest absolute Gasteiger partial charge is 0.481 e. The second-order valence-corrected chi connectivity index (χ2v) is 38.3. The topological polar surface area (TPSA) is 598 Å². The molecule has 0 unspecified atom stereocenters. The highest BCUT2D eigenvalue weighted by Gasteiger charge is 2.41. The summed E-state index contributed by atoms with van der Waals surface area (Å²) in [5, 5.41) is 54.9. The molecule has 18 amide bonds. The van der Waals surface area contributed by atoms with Crippen molar-refractivity contribution in [1.29, 1.82) is 5.41 Å². The van der Waals surface area contributed by atoms with Gasteiger partial charge in [0.25, 0.3) is 0 Å². The molecule has 738 valence electrons. The Morgan fingerprint density at radius 1 is 0.581 bits per heavy atom. The Kier molecular flexibility index (Phi) is 41.0. The Morgan fingerprint density at radius 3 is 1.68 bits per heavy atom. The summed E-state index contributed by atoms with van der Waals surface area (Å²) in [5.74, 6) is -21.0. The van der Waals surface area contributed by atoms with Crippen molar-refractivity contribution in [2.75, 3.05) is 88.8 Å². The number of rotatable bonds is 20. The first-order chi connectivity index (χ1) is 64.3. The lowest BCUT2D eigenvalue weighted by molar-refractivity contribution is -0.158. The molecule has 19 N–H and O–H groups in total. The van der Waals surface area contributed by atoms with E-state index >= 15 is 28.8 Å². The number of primary amides is 2. The van der Waals surface area contributed by atoms with E-state index in [4.69, 9.17) is 16.9 Å². The first-order valence-electron chi connectivity index (χ1n) is 44.3. The van der Waals surface area contributed by atoms with Crippen LogP contribution in [0.15, 0.2) is 97.2 Å². The number of amides is 18. The third kappa shape index (κ3) is 33.4. The van der Waals surface area contributed by atoms with Gasteiger partial charge in [-0.05, 0) is 90.6 Å². The molecule has 4 heterocycles. The number of aliphatic carboxylic acids is 1. The van der Waals surface area contributed by atoms with Gasteiger partial charge in [-0.3, -0.25) is 96.5 Å². The molecule has 8 rings (SSSR count). The molecule has 4 bridgehead atoms. The van der Waals surface area contributed by atoms with Crippen LogP contribution in [0.25, 0.3) is 21.7 Å². The van der Waals surface area contributed by atoms with E-state index in [1.165, 1.54) is 52.6 Å². The van der Waals surface area contributed by atoms with E-state index in [0.29, 0.717) is 27.4 Å². The number of carboxylic acid groups (broad SMARTS) is 1. The van der Waals surface area contributed by atoms with Gasteiger partial charge in [-0.25, -0.2) is 4.39 Å². The lowest BCUT2D eigenvalue weighted by Crippen LogP contribution is -2.61. The minimum atomic E-state index is -2.18. The highest BCUT2D eigenvalue weighted by molar-refractivity contribution is 7.99. The van der Waals surface area contributed by atoms with E-state index in [2.05, 4.69) is 69.1 Å². The number of carboxylic acids is 1. The van der Waals surface area contributed by atoms with Gasteiger partial charge in [0.2, 0.25) is 106 Å². The van der Waals surface area contributed by atoms with Gasteiger partial charge in [-0.2, -0.15) is 35.3 Å². The number of guanidine groups is 1. The first-order valence-corrected chi connectivity index (χ1v) is 47.7. The van der Waals surface area contributed by atoms with E-state index in [9.17, 15) is 71.8 Å². The van der Waals surface area contributed by atoms with Crippen LogP contribution < -0.4 is 80.6 Å². The Morgan fingerprint density at radius 2 is 1.09 bits per heavy atom. The molecule has 5 aromatic rings. The van der Waals surface area contributed by atoms with Crippen molar-refractivity contribution < 1.29 is 101 Å². The van der Waals surface area contributed by atoms with E-state index in [0.717, 1.165) is 64.6 Å². The molecule has 0 saturated carbocycles. The molecule has 42 nitrogen and oxygen atoms in total. The Balaban J connectivity index is 1.25. The van der Waals surface area contributed by atoms with Crippen molar-refractivity contribution in [1.82, 2.24) is 98.2 Å². The number of carbonyl (C=O) groups is 19. The Hall–Kier alpha value is -13.1. The summed E-state index contributed by atoms with van der Waals surface area (Å²) in [6.07, 6.45) is -3.30. The molecule has 1 aromatic heterocycles. The number of aromatic nitrogens is 1. The summed E-state index contributed by atoms with van der Waals surface area (Å²) < 4.78 is 16.2. The molecule has 3 fully saturated rings. The fourth-order valence-corrected chi connectivity index (χ4v) is 17.8. The SMILES string of the molecule is CC(=O)N[C@H]1CSCCC(=O)N2CN3CN(C2)C(=O)CCSC[C@@H](C(=O)N[C@H](C)C(N)=O)NC(=O)[C@H](Cc2ccc(F)cc2)NC(=O)CNC(=O)[C@H](CCCNC(=N)N(C)C)NC(=O)[C@H](Cc2cn(C)c4ccccc24)NC(=O)[C@H](CSCCC3=O)NC(=O)[C@H](CC(=O)O)NC(=O)[C@H](CCC(N)=O)NC(=O)[C@H](CC(C)(C)C)NC(=O)[C@H](Cc2cccc3ccccc23)NC(=O)[C@H](C)N(C)C1=O. The van der Waals surface area contributed by atoms with E-state index in [1.807, 2.05) is 12.1 Å². The fourth-order valence-electron chi connectivity index (χ4n) is 15.0. The number of nitrogens with two attached hydrogens (primary N) is 2. The van der Waals surface area contributed by atoms with Crippen LogP contribution in [0.1, 0.15) is 116 Å². The third-order valence-electron chi connectivity index (χ3n) is 22.6. The number of hydrogen-bond donors (Lipinski definition) is 17. The van der Waals surface area contributed by atoms with Crippen molar-refractivity contribution in [3.63, 3.8) is 0 Å². The van der Waals surface area contributed by atoms with Crippen LogP contribution in [-0.4, -0.2) is 314 Å². The van der Waals surface area contributed by atoms with Gasteiger partial charge in [0, 0.05) is 138 Å². The molecule has 3 aliphatic heterocycles. The second-order valence-electron chi connectivity index (χ2n) is 34.9. The third-order valence-corrected chi connectivity index (χ3v) is 25.8. The number of benzene rings is 4. The zero-order chi connectivity index (χ0) is 99.9. The van der Waals surface area contributed by atoms with Crippen molar-refractivity contribution in [3.05, 3.63) is 120 Å². The second kappa shape index (κ2) is 51.5. The molecule has 0 spiro atoms. The predicted octanol–water partition coefficient (Wildman–Crippen LogP) is -1.87. The lowest BCUT2D eigenvalue weighted by Gasteiger charge is -2.42. The molecule has 4 aromatic carbocycles. The minimum absolute atomic E-state index is 0.0257. The molecule has 3 saturated heterocycles. The van der Waals surface area contributed by atoms with E-state index in [1.54, 1.807) is 107 Å². The number of carbonyl (C=O) groups excluding carboxylic acids is 18. The molecule has 12 atom stereocenters. The first kappa shape index (κ1) is 108. The van der Waals surface area contributed by atoms with Gasteiger partial charge in [-0.1, -0.05) is 93.6 Å². The van der Waals surface area contributed by atoms with Crippen molar-refractivity contribution in [2.24, 2.45) is 23.9 Å². The number of hydrogen-bond acceptors (Lipinski definition) is 23. The summed E-state index contributed by atoms with van der Waals surface area (Å²) in [4.78, 5) is 281. The summed E-state index contributed by atoms with van der Waals surface area (Å²) in [5.41, 5.74) is 12.3. The van der Waals surface area contributed by atoms with Crippen LogP contribution in [0.4, 0.5) is 4.39 Å². The number of aryl methyl sites for hydroxylation is 1. The van der Waals surface area contributed by atoms with Gasteiger partial charge in [0.05, 0.1) is 33.0 Å². The quantitative estimate of drug-likeness (QED) is 0.0231. The van der Waals surface area contributed by atoms with Crippen molar-refractivity contribution in [3.8, 4) is 0 Å². The van der Waals surface area contributed by atoms with Gasteiger partial charge in [0.1, 0.15) is 78.3 Å². The lowest BCUT2D eigenvalue weighted by atomic mass is 9.87. The molecule has 136 heavy (non-hydrogen) atoms. The standard InChI is InChI=1S/C90H123FN22O20S3/c1-50(77(93)122)97-86(131)67-44-134-34-30-73(117)111-47-112-49-113(48-111)75(119)32-36-136-46-69(98-52(3)114)88(133)110(10)51(2)78(123)102-63(38-55-19-15-18-54-17-11-12-20-58(54)55)83(128)105-66(41-90(4,5)6)85(130)101-61(28-29-71(92)115)80(125)104-65(40-76(120)121)84(129)107-68(45-135-35-31-74(112)118)87(132)103-64(39-56-43-109(9)70-23-14-13-21-59(56)70)82(127)100-60(22-16-33-95-89(94)108(7)8)79(124)96-42-72(116)99-62(81(126)106-67)37-53-24-26-57(91)27-25-53/h11-15,17-21,23-27,43,50-51,60-69H,16,22,28-42,44-49H2,1-10H3,(H2,92,115)(H2,93,122)(H2,94,95)(H,96,124)(H,97,131)(H,98,114)(H,99,116)(H,100,127)(H,101,130)(H,102,123)(H,103,132)(H,104,125)(H,105,128)(H,106,126)(H,107,129)(H,120,121)/t50-,51+,60+,61+,62+,63+,64+,65+,66+,67+,68+,69+/m1/s1. The highest BCUT2D eigenvalue weighted by Crippen LogP contribution is 2.27. The van der Waals surface area contributed by atoms with E-state index < -0.39 is 254 Å². The van der Waals surface area contributed by atoms with Crippen molar-refractivity contribution in [2.45, 2.75) is 191 Å². The molecule has 3 aliphatic rings. The minimum Gasteiger partial charge on any atom is -0.481 e. The van der Waals surface area contributed by atoms with Crippen LogP contribution in [0.5, 0.6) is 0 Å². The summed E-state index contributed by atoms with van der Waals surface area (Å²) in [6, 6.07) is 4.51. The van der Waals surface area contributed by atoms with Gasteiger partial charge < -0.3 is 115 Å². The molecule has 0 aliphatic carbocycles. The smallest absolute Gasteiger partial charge is 0.305 e. The molecule has 0 radical (unpaired) electrons. The number of likely N-dealkylation sites (N-methyl/N-ethyl adjacent to an activating group) is 1. The Bertz CT molecular complexity index is 5230. The maximum atomic E-state index is 15.7. The average molecular weight is 1950 g/mol. The maximum Gasteiger partial charge on any atom is 0.305 e. The summed E-state index contributed by atoms with van der Waals surface area (Å²) in [6.45, 7) is 6.81. The Labute approximate surface area is 798 Å². The van der Waals surface area contributed by atoms with E-state index in [-0.39, 0.29) is 98.2 Å². The number of nitrogens with zero attached hydrogens (tertiary/aromatic N) is 6. The number of thioether (sulfide) groups is 3. The maximum absolute atomic E-state index is 15.7. The van der Waals surface area contributed by atoms with Crippen LogP contribution >= 0.6 is 35.3 Å². The molecule has 46 heteroatoms. The number of nitrogens with one attached hydrogen (secondary N) is 14. The molecular weight excluding hydrogens is 1820 g/mol. The van der Waals surface area contributed by atoms with Crippen LogP contribution in [0.3, 0.4) is 0 Å². The predicted molar refractivity (Wildman–Crippen MR) is 506 cm³/mol. The molecular formula is C90H123FN22O20S3. The van der Waals surface area contributed by atoms with Crippen LogP contribution in [0.2, 0.25) is 0 Å². The number of halogens is 1. The number of fused-ring (bicyclic) bond motifs is 9.